The van der Waals surface area contributed by atoms with Crippen molar-refractivity contribution in [3.63, 3.8) is 0 Å². The minimum atomic E-state index is -0.162. The van der Waals surface area contributed by atoms with Crippen molar-refractivity contribution in [1.29, 1.82) is 0 Å². The molecular formula is C23H27N5O2. The summed E-state index contributed by atoms with van der Waals surface area (Å²) in [6.07, 6.45) is 3.33. The maximum absolute atomic E-state index is 13.0. The molecule has 1 fully saturated rings. The molecule has 156 valence electrons. The Morgan fingerprint density at radius 3 is 2.80 bits per heavy atom. The van der Waals surface area contributed by atoms with Crippen LogP contribution in [0.25, 0.3) is 11.2 Å². The molecule has 1 atom stereocenters. The van der Waals surface area contributed by atoms with Gasteiger partial charge < -0.3 is 10.2 Å². The lowest BCUT2D eigenvalue weighted by molar-refractivity contribution is -0.125. The molecule has 0 spiro atoms. The highest BCUT2D eigenvalue weighted by atomic mass is 16.2. The van der Waals surface area contributed by atoms with Crippen molar-refractivity contribution in [2.24, 2.45) is 5.92 Å². The van der Waals surface area contributed by atoms with Crippen molar-refractivity contribution in [3.05, 3.63) is 64.1 Å². The number of pyridine rings is 1. The number of piperidine rings is 1. The number of carbonyl (C=O) groups is 1. The van der Waals surface area contributed by atoms with Gasteiger partial charge in [-0.15, -0.1) is 0 Å². The minimum absolute atomic E-state index is 0.0264. The molecule has 1 unspecified atom stereocenters. The molecule has 1 amide bonds. The van der Waals surface area contributed by atoms with Crippen LogP contribution >= 0.6 is 0 Å². The quantitative estimate of drug-likeness (QED) is 0.706. The van der Waals surface area contributed by atoms with Gasteiger partial charge in [-0.05, 0) is 44.4 Å². The first-order valence-corrected chi connectivity index (χ1v) is 10.5. The fourth-order valence-electron chi connectivity index (χ4n) is 3.98. The molecule has 1 saturated heterocycles. The Morgan fingerprint density at radius 1 is 1.23 bits per heavy atom. The van der Waals surface area contributed by atoms with E-state index >= 15 is 0 Å². The summed E-state index contributed by atoms with van der Waals surface area (Å²) in [6, 6.07) is 11.8. The zero-order valence-electron chi connectivity index (χ0n) is 17.5. The standard InChI is InChI=1S/C23H27N5O2/c1-3-28-20-19(7-4-12-24-20)26-21(23(28)30)27-13-5-6-18(15-27)22(29)25-14-17-10-8-16(2)9-11-17/h4,7-12,18H,3,5-6,13-15H2,1-2H3,(H,25,29). The second kappa shape index (κ2) is 8.65. The lowest BCUT2D eigenvalue weighted by Crippen LogP contribution is -2.45. The van der Waals surface area contributed by atoms with Crippen LogP contribution < -0.4 is 15.8 Å². The molecule has 7 heteroatoms. The Bertz CT molecular complexity index is 1110. The molecule has 0 bridgehead atoms. The third kappa shape index (κ3) is 4.06. The van der Waals surface area contributed by atoms with Crippen LogP contribution in [0.2, 0.25) is 0 Å². The maximum Gasteiger partial charge on any atom is 0.295 e. The highest BCUT2D eigenvalue weighted by Gasteiger charge is 2.28. The number of amides is 1. The second-order valence-electron chi connectivity index (χ2n) is 7.82. The van der Waals surface area contributed by atoms with Crippen molar-refractivity contribution in [3.8, 4) is 0 Å². The molecular weight excluding hydrogens is 378 g/mol. The van der Waals surface area contributed by atoms with Gasteiger partial charge in [0.1, 0.15) is 5.52 Å². The van der Waals surface area contributed by atoms with E-state index in [1.807, 2.05) is 55.1 Å². The first-order chi connectivity index (χ1) is 14.6. The maximum atomic E-state index is 13.0. The number of fused-ring (bicyclic) bond motifs is 1. The average Bonchev–Trinajstić information content (AvgIpc) is 2.78. The SMILES string of the molecule is CCn1c(=O)c(N2CCCC(C(=O)NCc3ccc(C)cc3)C2)nc2cccnc21. The lowest BCUT2D eigenvalue weighted by Gasteiger charge is -2.32. The number of nitrogens with one attached hydrogen (secondary N) is 1. The molecule has 1 N–H and O–H groups in total. The van der Waals surface area contributed by atoms with Gasteiger partial charge in [-0.3, -0.25) is 14.2 Å². The zero-order chi connectivity index (χ0) is 21.1. The summed E-state index contributed by atoms with van der Waals surface area (Å²) in [6.45, 7) is 6.23. The van der Waals surface area contributed by atoms with Gasteiger partial charge in [0.2, 0.25) is 5.91 Å². The number of nitrogens with zero attached hydrogens (tertiary/aromatic N) is 4. The van der Waals surface area contributed by atoms with Gasteiger partial charge in [0.25, 0.3) is 5.56 Å². The van der Waals surface area contributed by atoms with Crippen LogP contribution in [0.5, 0.6) is 0 Å². The van der Waals surface area contributed by atoms with E-state index in [1.54, 1.807) is 10.8 Å². The number of aryl methyl sites for hydroxylation is 2. The van der Waals surface area contributed by atoms with Gasteiger partial charge in [-0.1, -0.05) is 29.8 Å². The van der Waals surface area contributed by atoms with E-state index in [1.165, 1.54) is 5.56 Å². The van der Waals surface area contributed by atoms with Crippen molar-refractivity contribution in [2.75, 3.05) is 18.0 Å². The molecule has 1 aliphatic heterocycles. The molecule has 30 heavy (non-hydrogen) atoms. The average molecular weight is 406 g/mol. The smallest absolute Gasteiger partial charge is 0.295 e. The number of hydrogen-bond donors (Lipinski definition) is 1. The second-order valence-corrected chi connectivity index (χ2v) is 7.82. The van der Waals surface area contributed by atoms with Crippen molar-refractivity contribution in [1.82, 2.24) is 19.9 Å². The first kappa shape index (κ1) is 20.1. The van der Waals surface area contributed by atoms with E-state index in [-0.39, 0.29) is 17.4 Å². The Kier molecular flexibility index (Phi) is 5.79. The third-order valence-corrected chi connectivity index (χ3v) is 5.68. The number of aromatic nitrogens is 3. The summed E-state index contributed by atoms with van der Waals surface area (Å²) >= 11 is 0. The monoisotopic (exact) mass is 405 g/mol. The highest BCUT2D eigenvalue weighted by Crippen LogP contribution is 2.21. The number of hydrogen-bond acceptors (Lipinski definition) is 5. The molecule has 3 heterocycles. The summed E-state index contributed by atoms with van der Waals surface area (Å²) in [5.41, 5.74) is 3.42. The Balaban J connectivity index is 1.51. The van der Waals surface area contributed by atoms with Crippen molar-refractivity contribution in [2.45, 2.75) is 39.8 Å². The molecule has 0 radical (unpaired) electrons. The number of anilines is 1. The van der Waals surface area contributed by atoms with E-state index in [0.717, 1.165) is 24.9 Å². The molecule has 1 aliphatic rings. The Hall–Kier alpha value is -3.22. The predicted molar refractivity (Wildman–Crippen MR) is 117 cm³/mol. The molecule has 4 rings (SSSR count). The van der Waals surface area contributed by atoms with E-state index in [0.29, 0.717) is 36.6 Å². The summed E-state index contributed by atoms with van der Waals surface area (Å²) in [4.78, 5) is 36.7. The summed E-state index contributed by atoms with van der Waals surface area (Å²) in [5, 5.41) is 3.05. The largest absolute Gasteiger partial charge is 0.352 e. The molecule has 0 saturated carbocycles. The van der Waals surface area contributed by atoms with Crippen molar-refractivity contribution >= 4 is 22.9 Å². The summed E-state index contributed by atoms with van der Waals surface area (Å²) < 4.78 is 1.65. The fourth-order valence-corrected chi connectivity index (χ4v) is 3.98. The van der Waals surface area contributed by atoms with Gasteiger partial charge in [-0.25, -0.2) is 9.97 Å². The number of benzene rings is 1. The first-order valence-electron chi connectivity index (χ1n) is 10.5. The third-order valence-electron chi connectivity index (χ3n) is 5.68. The van der Waals surface area contributed by atoms with Crippen LogP contribution in [0, 0.1) is 12.8 Å². The molecule has 2 aromatic heterocycles. The van der Waals surface area contributed by atoms with Crippen LogP contribution in [0.3, 0.4) is 0 Å². The Labute approximate surface area is 175 Å². The van der Waals surface area contributed by atoms with Crippen LogP contribution in [0.4, 0.5) is 5.82 Å². The molecule has 7 nitrogen and oxygen atoms in total. The van der Waals surface area contributed by atoms with Gasteiger partial charge in [0, 0.05) is 32.4 Å². The van der Waals surface area contributed by atoms with Crippen LogP contribution in [-0.4, -0.2) is 33.5 Å². The fraction of sp³-hybridized carbons (Fsp3) is 0.391. The lowest BCUT2D eigenvalue weighted by atomic mass is 9.97. The minimum Gasteiger partial charge on any atom is -0.352 e. The number of carbonyl (C=O) groups excluding carboxylic acids is 1. The van der Waals surface area contributed by atoms with E-state index < -0.39 is 0 Å². The number of rotatable bonds is 5. The van der Waals surface area contributed by atoms with Gasteiger partial charge >= 0.3 is 0 Å². The summed E-state index contributed by atoms with van der Waals surface area (Å²) in [7, 11) is 0. The zero-order valence-corrected chi connectivity index (χ0v) is 17.5. The van der Waals surface area contributed by atoms with Gasteiger partial charge in [0.15, 0.2) is 11.5 Å². The molecule has 3 aromatic rings. The van der Waals surface area contributed by atoms with E-state index in [2.05, 4.69) is 15.3 Å². The van der Waals surface area contributed by atoms with Gasteiger partial charge in [-0.2, -0.15) is 0 Å². The summed E-state index contributed by atoms with van der Waals surface area (Å²) in [5.74, 6) is 0.275. The van der Waals surface area contributed by atoms with Crippen molar-refractivity contribution < 1.29 is 4.79 Å². The topological polar surface area (TPSA) is 80.1 Å². The normalized spacial score (nSPS) is 16.6. The highest BCUT2D eigenvalue weighted by molar-refractivity contribution is 5.79. The molecule has 0 aliphatic carbocycles. The molecule has 1 aromatic carbocycles. The van der Waals surface area contributed by atoms with Gasteiger partial charge in [0.05, 0.1) is 5.92 Å². The Morgan fingerprint density at radius 2 is 2.03 bits per heavy atom. The van der Waals surface area contributed by atoms with Crippen LogP contribution in [0.15, 0.2) is 47.4 Å². The van der Waals surface area contributed by atoms with Crippen LogP contribution in [-0.2, 0) is 17.9 Å². The van der Waals surface area contributed by atoms with Crippen LogP contribution in [0.1, 0.15) is 30.9 Å². The van der Waals surface area contributed by atoms with E-state index in [4.69, 9.17) is 0 Å². The van der Waals surface area contributed by atoms with E-state index in [9.17, 15) is 9.59 Å². The predicted octanol–water partition coefficient (Wildman–Crippen LogP) is 2.65.